The molecular weight excluding hydrogens is 446 g/mol. The van der Waals surface area contributed by atoms with E-state index in [4.69, 9.17) is 14.5 Å². The SMILES string of the molecule is COc1ccc2sc(N(CCCN3CCOCC3)C(=O)Cc3cccc(C)c3)nc2c1.Cl. The maximum atomic E-state index is 13.3. The quantitative estimate of drug-likeness (QED) is 0.485. The summed E-state index contributed by atoms with van der Waals surface area (Å²) >= 11 is 1.56. The van der Waals surface area contributed by atoms with Gasteiger partial charge >= 0.3 is 0 Å². The Morgan fingerprint density at radius 2 is 2.03 bits per heavy atom. The minimum absolute atomic E-state index is 0. The number of benzene rings is 2. The van der Waals surface area contributed by atoms with Gasteiger partial charge in [0.2, 0.25) is 5.91 Å². The van der Waals surface area contributed by atoms with Crippen LogP contribution in [0.2, 0.25) is 0 Å². The summed E-state index contributed by atoms with van der Waals surface area (Å²) in [5, 5.41) is 0.753. The number of anilines is 1. The normalized spacial score (nSPS) is 14.2. The van der Waals surface area contributed by atoms with Crippen LogP contribution in [0.15, 0.2) is 42.5 Å². The zero-order chi connectivity index (χ0) is 21.6. The van der Waals surface area contributed by atoms with Gasteiger partial charge < -0.3 is 9.47 Å². The topological polar surface area (TPSA) is 54.9 Å². The third-order valence-corrected chi connectivity index (χ3v) is 6.57. The molecule has 0 saturated carbocycles. The summed E-state index contributed by atoms with van der Waals surface area (Å²) in [7, 11) is 1.65. The molecule has 8 heteroatoms. The van der Waals surface area contributed by atoms with Gasteiger partial charge in [-0.05, 0) is 31.0 Å². The minimum Gasteiger partial charge on any atom is -0.497 e. The Hall–Kier alpha value is -2.19. The number of carbonyl (C=O) groups excluding carboxylic acids is 1. The summed E-state index contributed by atoms with van der Waals surface area (Å²) in [5.41, 5.74) is 3.06. The third kappa shape index (κ3) is 6.19. The largest absolute Gasteiger partial charge is 0.497 e. The Balaban J connectivity index is 0.00000289. The van der Waals surface area contributed by atoms with Crippen LogP contribution >= 0.6 is 23.7 Å². The van der Waals surface area contributed by atoms with Crippen molar-refractivity contribution in [2.24, 2.45) is 0 Å². The summed E-state index contributed by atoms with van der Waals surface area (Å²) in [6, 6.07) is 14.0. The molecule has 172 valence electrons. The van der Waals surface area contributed by atoms with Crippen molar-refractivity contribution < 1.29 is 14.3 Å². The molecule has 1 amide bonds. The van der Waals surface area contributed by atoms with E-state index in [2.05, 4.69) is 24.0 Å². The van der Waals surface area contributed by atoms with Crippen LogP contribution in [-0.2, 0) is 16.0 Å². The standard InChI is InChI=1S/C24H29N3O3S.ClH/c1-18-5-3-6-19(15-18)16-23(28)27(10-4-9-26-11-13-30-14-12-26)24-25-21-17-20(29-2)7-8-22(21)31-24;/h3,5-8,15,17H,4,9-14,16H2,1-2H3;1H. The van der Waals surface area contributed by atoms with Crippen LogP contribution in [0.4, 0.5) is 5.13 Å². The fourth-order valence-electron chi connectivity index (χ4n) is 3.83. The Labute approximate surface area is 199 Å². The first-order valence-electron chi connectivity index (χ1n) is 10.7. The molecule has 0 N–H and O–H groups in total. The number of morpholine rings is 1. The fraction of sp³-hybridized carbons (Fsp3) is 0.417. The molecule has 1 aliphatic rings. The first-order valence-corrected chi connectivity index (χ1v) is 11.5. The number of amides is 1. The highest BCUT2D eigenvalue weighted by atomic mass is 35.5. The Bertz CT molecular complexity index is 1040. The average Bonchev–Trinajstić information content (AvgIpc) is 3.20. The molecule has 6 nitrogen and oxygen atoms in total. The Kier molecular flexibility index (Phi) is 8.87. The van der Waals surface area contributed by atoms with E-state index in [-0.39, 0.29) is 18.3 Å². The van der Waals surface area contributed by atoms with Gasteiger partial charge in [0.05, 0.1) is 37.0 Å². The van der Waals surface area contributed by atoms with Gasteiger partial charge in [-0.15, -0.1) is 12.4 Å². The maximum Gasteiger partial charge on any atom is 0.233 e. The summed E-state index contributed by atoms with van der Waals surface area (Å²) in [6.45, 7) is 7.14. The molecule has 1 saturated heterocycles. The molecule has 1 aliphatic heterocycles. The number of carbonyl (C=O) groups is 1. The van der Waals surface area contributed by atoms with E-state index in [0.717, 1.165) is 71.5 Å². The van der Waals surface area contributed by atoms with Crippen molar-refractivity contribution in [2.75, 3.05) is 51.4 Å². The van der Waals surface area contributed by atoms with Gasteiger partial charge in [0.15, 0.2) is 5.13 Å². The number of hydrogen-bond donors (Lipinski definition) is 0. The van der Waals surface area contributed by atoms with Crippen molar-refractivity contribution in [3.05, 3.63) is 53.6 Å². The number of methoxy groups -OCH3 is 1. The van der Waals surface area contributed by atoms with E-state index < -0.39 is 0 Å². The number of fused-ring (bicyclic) bond motifs is 1. The van der Waals surface area contributed by atoms with Crippen LogP contribution in [0.25, 0.3) is 10.2 Å². The predicted molar refractivity (Wildman–Crippen MR) is 133 cm³/mol. The van der Waals surface area contributed by atoms with Gasteiger partial charge in [0.1, 0.15) is 5.75 Å². The first kappa shape index (κ1) is 24.5. The Morgan fingerprint density at radius 1 is 1.22 bits per heavy atom. The molecule has 4 rings (SSSR count). The van der Waals surface area contributed by atoms with E-state index >= 15 is 0 Å². The average molecular weight is 476 g/mol. The lowest BCUT2D eigenvalue weighted by Gasteiger charge is -2.27. The number of nitrogens with zero attached hydrogens (tertiary/aromatic N) is 3. The van der Waals surface area contributed by atoms with Crippen LogP contribution in [0, 0.1) is 6.92 Å². The second-order valence-corrected chi connectivity index (χ2v) is 8.86. The van der Waals surface area contributed by atoms with Crippen LogP contribution in [-0.4, -0.2) is 62.3 Å². The second kappa shape index (κ2) is 11.6. The van der Waals surface area contributed by atoms with Crippen molar-refractivity contribution in [3.63, 3.8) is 0 Å². The summed E-state index contributed by atoms with van der Waals surface area (Å²) in [6.07, 6.45) is 1.28. The number of rotatable bonds is 8. The number of aryl methyl sites for hydroxylation is 1. The minimum atomic E-state index is 0. The summed E-state index contributed by atoms with van der Waals surface area (Å²) in [4.78, 5) is 22.4. The molecule has 0 radical (unpaired) electrons. The van der Waals surface area contributed by atoms with Gasteiger partial charge in [-0.25, -0.2) is 4.98 Å². The van der Waals surface area contributed by atoms with Gasteiger partial charge in [-0.2, -0.15) is 0 Å². The molecule has 1 fully saturated rings. The molecule has 2 heterocycles. The number of ether oxygens (including phenoxy) is 2. The number of aromatic nitrogens is 1. The van der Waals surface area contributed by atoms with Crippen molar-refractivity contribution in [3.8, 4) is 5.75 Å². The molecule has 0 unspecified atom stereocenters. The summed E-state index contributed by atoms with van der Waals surface area (Å²) < 4.78 is 11.8. The van der Waals surface area contributed by atoms with E-state index in [1.54, 1.807) is 18.4 Å². The zero-order valence-electron chi connectivity index (χ0n) is 18.6. The van der Waals surface area contributed by atoms with Crippen molar-refractivity contribution >= 4 is 45.0 Å². The number of hydrogen-bond acceptors (Lipinski definition) is 6. The molecule has 0 atom stereocenters. The molecule has 3 aromatic rings. The lowest BCUT2D eigenvalue weighted by Crippen LogP contribution is -2.39. The molecular formula is C24H30ClN3O3S. The maximum absolute atomic E-state index is 13.3. The lowest BCUT2D eigenvalue weighted by molar-refractivity contribution is -0.118. The van der Waals surface area contributed by atoms with Gasteiger partial charge in [-0.3, -0.25) is 14.6 Å². The summed E-state index contributed by atoms with van der Waals surface area (Å²) in [5.74, 6) is 0.855. The van der Waals surface area contributed by atoms with Gasteiger partial charge in [0.25, 0.3) is 0 Å². The van der Waals surface area contributed by atoms with Crippen LogP contribution in [0.3, 0.4) is 0 Å². The van der Waals surface area contributed by atoms with E-state index in [9.17, 15) is 4.79 Å². The van der Waals surface area contributed by atoms with Gasteiger partial charge in [-0.1, -0.05) is 41.2 Å². The predicted octanol–water partition coefficient (Wildman–Crippen LogP) is 4.33. The zero-order valence-corrected chi connectivity index (χ0v) is 20.2. The molecule has 0 bridgehead atoms. The van der Waals surface area contributed by atoms with Crippen LogP contribution < -0.4 is 9.64 Å². The fourth-order valence-corrected chi connectivity index (χ4v) is 4.82. The van der Waals surface area contributed by atoms with E-state index in [1.807, 2.05) is 35.2 Å². The first-order chi connectivity index (χ1) is 15.1. The highest BCUT2D eigenvalue weighted by molar-refractivity contribution is 7.22. The van der Waals surface area contributed by atoms with Crippen LogP contribution in [0.1, 0.15) is 17.5 Å². The van der Waals surface area contributed by atoms with E-state index in [1.165, 1.54) is 0 Å². The van der Waals surface area contributed by atoms with Crippen molar-refractivity contribution in [1.29, 1.82) is 0 Å². The molecule has 0 spiro atoms. The smallest absolute Gasteiger partial charge is 0.233 e. The monoisotopic (exact) mass is 475 g/mol. The van der Waals surface area contributed by atoms with Crippen LogP contribution in [0.5, 0.6) is 5.75 Å². The molecule has 0 aliphatic carbocycles. The third-order valence-electron chi connectivity index (χ3n) is 5.51. The highest BCUT2D eigenvalue weighted by Gasteiger charge is 2.21. The molecule has 2 aromatic carbocycles. The van der Waals surface area contributed by atoms with Crippen molar-refractivity contribution in [2.45, 2.75) is 19.8 Å². The highest BCUT2D eigenvalue weighted by Crippen LogP contribution is 2.31. The molecule has 1 aromatic heterocycles. The number of halogens is 1. The van der Waals surface area contributed by atoms with Crippen molar-refractivity contribution in [1.82, 2.24) is 9.88 Å². The molecule has 32 heavy (non-hydrogen) atoms. The Morgan fingerprint density at radius 3 is 2.78 bits per heavy atom. The second-order valence-electron chi connectivity index (χ2n) is 7.85. The lowest BCUT2D eigenvalue weighted by atomic mass is 10.1. The van der Waals surface area contributed by atoms with Gasteiger partial charge in [0, 0.05) is 32.2 Å². The number of thiazole rings is 1. The van der Waals surface area contributed by atoms with E-state index in [0.29, 0.717) is 13.0 Å².